The number of benzene rings is 1. The minimum atomic E-state index is -0.0884. The molecule has 1 aliphatic rings. The van der Waals surface area contributed by atoms with E-state index in [-0.39, 0.29) is 5.91 Å². The molecule has 78 valence electrons. The Hall–Kier alpha value is -1.77. The summed E-state index contributed by atoms with van der Waals surface area (Å²) in [6.07, 6.45) is 1.03. The molecule has 0 spiro atoms. The molecule has 1 heterocycles. The van der Waals surface area contributed by atoms with Gasteiger partial charge in [0, 0.05) is 5.57 Å². The zero-order valence-electron chi connectivity index (χ0n) is 8.79. The number of nitrogens with one attached hydrogen (secondary N) is 1. The third kappa shape index (κ3) is 1.86. The summed E-state index contributed by atoms with van der Waals surface area (Å²) in [5, 5.41) is 1.81. The lowest BCUT2D eigenvalue weighted by Gasteiger charge is -2.16. The van der Waals surface area contributed by atoms with E-state index in [1.54, 1.807) is 0 Å². The fourth-order valence-electron chi connectivity index (χ4n) is 1.57. The number of amides is 1. The summed E-state index contributed by atoms with van der Waals surface area (Å²) in [5.74, 6) is -0.0884. The Morgan fingerprint density at radius 3 is 2.53 bits per heavy atom. The first-order valence-electron chi connectivity index (χ1n) is 5.06. The molecule has 0 atom stereocenters. The number of hydrogen-bond acceptors (Lipinski definition) is 2. The van der Waals surface area contributed by atoms with Crippen molar-refractivity contribution in [2.75, 3.05) is 11.6 Å². The quantitative estimate of drug-likeness (QED) is 0.740. The van der Waals surface area contributed by atoms with Crippen LogP contribution >= 0.6 is 0 Å². The van der Waals surface area contributed by atoms with E-state index in [2.05, 4.69) is 31.1 Å². The monoisotopic (exact) mass is 202 g/mol. The van der Waals surface area contributed by atoms with Crippen LogP contribution in [0.15, 0.2) is 36.4 Å². The van der Waals surface area contributed by atoms with E-state index in [1.807, 2.05) is 17.1 Å². The molecule has 1 aromatic carbocycles. The van der Waals surface area contributed by atoms with Crippen LogP contribution in [0.2, 0.25) is 0 Å². The van der Waals surface area contributed by atoms with Gasteiger partial charge in [0.2, 0.25) is 0 Å². The Kier molecular flexibility index (Phi) is 2.46. The van der Waals surface area contributed by atoms with Crippen molar-refractivity contribution in [1.82, 2.24) is 5.43 Å². The zero-order chi connectivity index (χ0) is 10.8. The van der Waals surface area contributed by atoms with Crippen LogP contribution in [-0.4, -0.2) is 12.5 Å². The van der Waals surface area contributed by atoms with Gasteiger partial charge < -0.3 is 0 Å². The predicted octanol–water partition coefficient (Wildman–Crippen LogP) is 1.66. The van der Waals surface area contributed by atoms with E-state index in [4.69, 9.17) is 0 Å². The highest BCUT2D eigenvalue weighted by atomic mass is 16.2. The SMILES string of the molecule is C=C1CN(c2ccc(CC)cc2)NC1=O. The molecule has 1 N–H and O–H groups in total. The van der Waals surface area contributed by atoms with Crippen LogP contribution in [0.25, 0.3) is 0 Å². The predicted molar refractivity (Wildman–Crippen MR) is 60.4 cm³/mol. The van der Waals surface area contributed by atoms with Gasteiger partial charge in [-0.25, -0.2) is 0 Å². The van der Waals surface area contributed by atoms with Gasteiger partial charge in [0.25, 0.3) is 5.91 Å². The topological polar surface area (TPSA) is 32.3 Å². The molecule has 3 nitrogen and oxygen atoms in total. The minimum absolute atomic E-state index is 0.0884. The molecule has 1 aromatic rings. The Labute approximate surface area is 89.4 Å². The van der Waals surface area contributed by atoms with E-state index >= 15 is 0 Å². The maximum atomic E-state index is 11.2. The highest BCUT2D eigenvalue weighted by Gasteiger charge is 2.22. The van der Waals surface area contributed by atoms with Crippen LogP contribution in [-0.2, 0) is 11.2 Å². The van der Waals surface area contributed by atoms with E-state index in [9.17, 15) is 4.79 Å². The molecule has 0 aliphatic carbocycles. The van der Waals surface area contributed by atoms with Gasteiger partial charge in [0.15, 0.2) is 0 Å². The number of nitrogens with zero attached hydrogens (tertiary/aromatic N) is 1. The van der Waals surface area contributed by atoms with E-state index < -0.39 is 0 Å². The van der Waals surface area contributed by atoms with Crippen molar-refractivity contribution in [1.29, 1.82) is 0 Å². The Balaban J connectivity index is 2.17. The van der Waals surface area contributed by atoms with Crippen LogP contribution in [0, 0.1) is 0 Å². The van der Waals surface area contributed by atoms with Crippen molar-refractivity contribution in [3.63, 3.8) is 0 Å². The van der Waals surface area contributed by atoms with Crippen LogP contribution in [0.5, 0.6) is 0 Å². The third-order valence-electron chi connectivity index (χ3n) is 2.56. The molecule has 1 amide bonds. The number of carbonyl (C=O) groups excluding carboxylic acids is 1. The third-order valence-corrected chi connectivity index (χ3v) is 2.56. The van der Waals surface area contributed by atoms with E-state index in [1.165, 1.54) is 5.56 Å². The standard InChI is InChI=1S/C12H14N2O/c1-3-10-4-6-11(7-5-10)14-8-9(2)12(15)13-14/h4-7H,2-3,8H2,1H3,(H,13,15). The molecule has 1 saturated heterocycles. The van der Waals surface area contributed by atoms with Gasteiger partial charge in [-0.2, -0.15) is 0 Å². The van der Waals surface area contributed by atoms with Crippen molar-refractivity contribution in [2.24, 2.45) is 0 Å². The summed E-state index contributed by atoms with van der Waals surface area (Å²) in [4.78, 5) is 11.2. The molecule has 0 aromatic heterocycles. The van der Waals surface area contributed by atoms with Crippen LogP contribution in [0.1, 0.15) is 12.5 Å². The van der Waals surface area contributed by atoms with Crippen molar-refractivity contribution in [3.05, 3.63) is 42.0 Å². The first-order chi connectivity index (χ1) is 7.20. The highest BCUT2D eigenvalue weighted by molar-refractivity contribution is 5.97. The van der Waals surface area contributed by atoms with Crippen molar-refractivity contribution in [2.45, 2.75) is 13.3 Å². The van der Waals surface area contributed by atoms with Gasteiger partial charge in [-0.1, -0.05) is 25.6 Å². The number of hydrazine groups is 1. The minimum Gasteiger partial charge on any atom is -0.281 e. The normalized spacial score (nSPS) is 15.7. The fraction of sp³-hybridized carbons (Fsp3) is 0.250. The van der Waals surface area contributed by atoms with Crippen molar-refractivity contribution in [3.8, 4) is 0 Å². The summed E-state index contributed by atoms with van der Waals surface area (Å²) in [6.45, 7) is 6.37. The lowest BCUT2D eigenvalue weighted by Crippen LogP contribution is -2.32. The average molecular weight is 202 g/mol. The van der Waals surface area contributed by atoms with Gasteiger partial charge in [-0.15, -0.1) is 0 Å². The molecule has 0 radical (unpaired) electrons. The largest absolute Gasteiger partial charge is 0.281 e. The van der Waals surface area contributed by atoms with Gasteiger partial charge in [0.1, 0.15) is 0 Å². The summed E-state index contributed by atoms with van der Waals surface area (Å²) in [5.41, 5.74) is 5.65. The van der Waals surface area contributed by atoms with Crippen molar-refractivity contribution < 1.29 is 4.79 Å². The second kappa shape index (κ2) is 3.77. The first-order valence-corrected chi connectivity index (χ1v) is 5.06. The number of hydrogen-bond donors (Lipinski definition) is 1. The molecule has 1 aliphatic heterocycles. The lowest BCUT2D eigenvalue weighted by molar-refractivity contribution is -0.116. The maximum absolute atomic E-state index is 11.2. The Morgan fingerprint density at radius 2 is 2.07 bits per heavy atom. The summed E-state index contributed by atoms with van der Waals surface area (Å²) >= 11 is 0. The van der Waals surface area contributed by atoms with Crippen LogP contribution < -0.4 is 10.4 Å². The van der Waals surface area contributed by atoms with E-state index in [0.717, 1.165) is 12.1 Å². The van der Waals surface area contributed by atoms with Crippen LogP contribution in [0.4, 0.5) is 5.69 Å². The van der Waals surface area contributed by atoms with E-state index in [0.29, 0.717) is 12.1 Å². The van der Waals surface area contributed by atoms with Crippen molar-refractivity contribution >= 4 is 11.6 Å². The van der Waals surface area contributed by atoms with Gasteiger partial charge in [0.05, 0.1) is 12.2 Å². The molecule has 0 unspecified atom stereocenters. The number of rotatable bonds is 2. The number of aryl methyl sites for hydroxylation is 1. The average Bonchev–Trinajstić information content (AvgIpc) is 2.59. The number of carbonyl (C=O) groups is 1. The highest BCUT2D eigenvalue weighted by Crippen LogP contribution is 2.18. The lowest BCUT2D eigenvalue weighted by atomic mass is 10.1. The molecule has 1 fully saturated rings. The second-order valence-electron chi connectivity index (χ2n) is 3.65. The Bertz CT molecular complexity index is 379. The number of anilines is 1. The molecular formula is C12H14N2O. The van der Waals surface area contributed by atoms with Gasteiger partial charge in [-0.05, 0) is 24.1 Å². The molecular weight excluding hydrogens is 188 g/mol. The van der Waals surface area contributed by atoms with Crippen LogP contribution in [0.3, 0.4) is 0 Å². The molecule has 0 saturated carbocycles. The second-order valence-corrected chi connectivity index (χ2v) is 3.65. The summed E-state index contributed by atoms with van der Waals surface area (Å²) in [7, 11) is 0. The molecule has 15 heavy (non-hydrogen) atoms. The Morgan fingerprint density at radius 1 is 1.40 bits per heavy atom. The zero-order valence-corrected chi connectivity index (χ0v) is 8.79. The fourth-order valence-corrected chi connectivity index (χ4v) is 1.57. The van der Waals surface area contributed by atoms with Gasteiger partial charge in [-0.3, -0.25) is 15.2 Å². The smallest absolute Gasteiger partial charge is 0.267 e. The van der Waals surface area contributed by atoms with Gasteiger partial charge >= 0.3 is 0 Å². The molecule has 3 heteroatoms. The maximum Gasteiger partial charge on any atom is 0.267 e. The first kappa shape index (κ1) is 9.77. The summed E-state index contributed by atoms with van der Waals surface area (Å²) < 4.78 is 0. The molecule has 0 bridgehead atoms. The summed E-state index contributed by atoms with van der Waals surface area (Å²) in [6, 6.07) is 8.17. The molecule has 2 rings (SSSR count).